The lowest BCUT2D eigenvalue weighted by Crippen LogP contribution is -2.32. The highest BCUT2D eigenvalue weighted by Crippen LogP contribution is 2.49. The fraction of sp³-hybridized carbons (Fsp3) is 0.424. The molecule has 0 aliphatic carbocycles. The molecule has 2 aromatic heterocycles. The number of likely N-dealkylation sites (N-methyl/N-ethyl adjacent to an activating group) is 1. The predicted molar refractivity (Wildman–Crippen MR) is 166 cm³/mol. The van der Waals surface area contributed by atoms with E-state index in [4.69, 9.17) is 9.47 Å². The first-order valence-electron chi connectivity index (χ1n) is 14.4. The number of rotatable bonds is 9. The van der Waals surface area contributed by atoms with Crippen molar-refractivity contribution in [2.24, 2.45) is 0 Å². The summed E-state index contributed by atoms with van der Waals surface area (Å²) in [4.78, 5) is 26.4. The van der Waals surface area contributed by atoms with Crippen LogP contribution in [0.3, 0.4) is 0 Å². The fourth-order valence-corrected chi connectivity index (χ4v) is 5.71. The molecule has 5 rings (SSSR count). The number of ether oxygens (including phenoxy) is 2. The molecular weight excluding hydrogens is 530 g/mol. The molecule has 9 heteroatoms. The molecule has 9 nitrogen and oxygen atoms in total. The molecule has 42 heavy (non-hydrogen) atoms. The Morgan fingerprint density at radius 2 is 1.74 bits per heavy atom. The van der Waals surface area contributed by atoms with Crippen LogP contribution in [0, 0.1) is 20.8 Å². The van der Waals surface area contributed by atoms with Crippen molar-refractivity contribution in [3.63, 3.8) is 0 Å². The summed E-state index contributed by atoms with van der Waals surface area (Å²) in [5.74, 6) is 0.127. The summed E-state index contributed by atoms with van der Waals surface area (Å²) < 4.78 is 14.4. The zero-order valence-corrected chi connectivity index (χ0v) is 25.9. The monoisotopic (exact) mass is 571 g/mol. The number of aromatic nitrogens is 3. The Hall–Kier alpha value is -3.95. The van der Waals surface area contributed by atoms with Gasteiger partial charge in [-0.1, -0.05) is 29.8 Å². The van der Waals surface area contributed by atoms with Crippen LogP contribution >= 0.6 is 0 Å². The maximum absolute atomic E-state index is 12.9. The molecule has 222 valence electrons. The van der Waals surface area contributed by atoms with Gasteiger partial charge in [0.25, 0.3) is 0 Å². The number of carboxylic acid groups (broad SMARTS) is 1. The van der Waals surface area contributed by atoms with Crippen LogP contribution in [0.4, 0.5) is 11.6 Å². The van der Waals surface area contributed by atoms with Crippen molar-refractivity contribution in [2.45, 2.75) is 59.8 Å². The smallest absolute Gasteiger partial charge is 0.337 e. The number of carbonyl (C=O) groups is 1. The number of aliphatic carboxylic acids is 1. The Morgan fingerprint density at radius 3 is 2.33 bits per heavy atom. The van der Waals surface area contributed by atoms with Gasteiger partial charge in [0.05, 0.1) is 29.2 Å². The van der Waals surface area contributed by atoms with Crippen LogP contribution in [0.25, 0.3) is 22.0 Å². The second-order valence-electron chi connectivity index (χ2n) is 12.3. The summed E-state index contributed by atoms with van der Waals surface area (Å²) in [7, 11) is 4.00. The van der Waals surface area contributed by atoms with E-state index in [9.17, 15) is 9.90 Å². The Labute approximate surface area is 247 Å². The molecule has 0 amide bonds. The molecule has 0 saturated carbocycles. The predicted octanol–water partition coefficient (Wildman–Crippen LogP) is 6.06. The van der Waals surface area contributed by atoms with Crippen LogP contribution in [0.2, 0.25) is 0 Å². The normalized spacial score (nSPS) is 14.1. The maximum atomic E-state index is 12.9. The number of hydrogen-bond acceptors (Lipinski definition) is 7. The molecule has 1 atom stereocenters. The molecule has 1 aliphatic rings. The topological polar surface area (TPSA) is 93.0 Å². The van der Waals surface area contributed by atoms with E-state index < -0.39 is 17.7 Å². The average molecular weight is 572 g/mol. The summed E-state index contributed by atoms with van der Waals surface area (Å²) in [5, 5.41) is 11.6. The van der Waals surface area contributed by atoms with Crippen molar-refractivity contribution < 1.29 is 19.4 Å². The Bertz CT molecular complexity index is 1600. The summed E-state index contributed by atoms with van der Waals surface area (Å²) in [6.45, 7) is 14.5. The van der Waals surface area contributed by atoms with Gasteiger partial charge in [-0.2, -0.15) is 0 Å². The van der Waals surface area contributed by atoms with Crippen LogP contribution in [-0.4, -0.2) is 69.9 Å². The molecule has 0 unspecified atom stereocenters. The van der Waals surface area contributed by atoms with Crippen LogP contribution in [0.5, 0.6) is 5.75 Å². The standard InChI is InChI=1S/C33H41N5O4/c1-20-9-11-23(12-10-20)27-25-17-21(2)37-13-14-38(32-34-18-24(19-35-32)41-16-15-36(7)8)28(29(25)37)22(3)26(27)30(31(39)40)42-33(4,5)6/h9-12,17-19,30H,13-16H2,1-8H3,(H,39,40)/t30-/m0/s1. The van der Waals surface area contributed by atoms with E-state index in [2.05, 4.69) is 61.6 Å². The van der Waals surface area contributed by atoms with Crippen LogP contribution in [-0.2, 0) is 16.1 Å². The van der Waals surface area contributed by atoms with E-state index in [0.29, 0.717) is 30.4 Å². The van der Waals surface area contributed by atoms with E-state index in [0.717, 1.165) is 57.6 Å². The highest BCUT2D eigenvalue weighted by atomic mass is 16.5. The van der Waals surface area contributed by atoms with Crippen molar-refractivity contribution in [1.29, 1.82) is 0 Å². The maximum Gasteiger partial charge on any atom is 0.337 e. The number of hydrogen-bond donors (Lipinski definition) is 1. The van der Waals surface area contributed by atoms with E-state index in [-0.39, 0.29) is 0 Å². The second-order valence-corrected chi connectivity index (χ2v) is 12.3. The summed E-state index contributed by atoms with van der Waals surface area (Å²) >= 11 is 0. The first kappa shape index (κ1) is 29.5. The minimum Gasteiger partial charge on any atom is -0.489 e. The molecule has 0 saturated heterocycles. The van der Waals surface area contributed by atoms with Gasteiger partial charge in [-0.25, -0.2) is 14.8 Å². The van der Waals surface area contributed by atoms with Crippen molar-refractivity contribution in [3.8, 4) is 16.9 Å². The highest BCUT2D eigenvalue weighted by molar-refractivity contribution is 6.08. The Balaban J connectivity index is 1.73. The lowest BCUT2D eigenvalue weighted by Gasteiger charge is -2.35. The van der Waals surface area contributed by atoms with E-state index in [1.54, 1.807) is 12.4 Å². The molecule has 3 heterocycles. The summed E-state index contributed by atoms with van der Waals surface area (Å²) in [5.41, 5.74) is 6.85. The highest BCUT2D eigenvalue weighted by Gasteiger charge is 2.36. The first-order valence-corrected chi connectivity index (χ1v) is 14.4. The zero-order chi connectivity index (χ0) is 30.3. The minimum absolute atomic E-state index is 0.542. The first-order chi connectivity index (χ1) is 19.9. The van der Waals surface area contributed by atoms with Crippen molar-refractivity contribution in [3.05, 3.63) is 65.1 Å². The van der Waals surface area contributed by atoms with Gasteiger partial charge in [0.1, 0.15) is 6.61 Å². The van der Waals surface area contributed by atoms with Gasteiger partial charge >= 0.3 is 5.97 Å². The molecule has 1 N–H and O–H groups in total. The molecule has 1 aliphatic heterocycles. The Morgan fingerprint density at radius 1 is 1.07 bits per heavy atom. The number of anilines is 2. The van der Waals surface area contributed by atoms with Crippen LogP contribution in [0.15, 0.2) is 42.7 Å². The zero-order valence-electron chi connectivity index (χ0n) is 25.9. The SMILES string of the molecule is Cc1ccc(-c2c([C@H](OC(C)(C)C)C(=O)O)c(C)c3c4c2cc(C)n4CCN3c2ncc(OCCN(C)C)cn2)cc1. The number of nitrogens with zero attached hydrogens (tertiary/aromatic N) is 5. The second kappa shape index (κ2) is 11.4. The fourth-order valence-electron chi connectivity index (χ4n) is 5.71. The summed E-state index contributed by atoms with van der Waals surface area (Å²) in [6.07, 6.45) is 2.23. The van der Waals surface area contributed by atoms with Gasteiger partial charge in [-0.15, -0.1) is 0 Å². The van der Waals surface area contributed by atoms with Gasteiger partial charge in [0, 0.05) is 36.3 Å². The van der Waals surface area contributed by atoms with E-state index in [1.807, 2.05) is 48.7 Å². The lowest BCUT2D eigenvalue weighted by atomic mass is 9.87. The third-order valence-corrected chi connectivity index (χ3v) is 7.60. The number of benzene rings is 2. The number of carboxylic acids is 1. The van der Waals surface area contributed by atoms with Gasteiger partial charge in [-0.3, -0.25) is 0 Å². The molecule has 0 bridgehead atoms. The third kappa shape index (κ3) is 5.71. The molecule has 4 aromatic rings. The molecule has 0 radical (unpaired) electrons. The van der Waals surface area contributed by atoms with Gasteiger partial charge in [0.2, 0.25) is 5.95 Å². The van der Waals surface area contributed by atoms with E-state index in [1.165, 1.54) is 0 Å². The average Bonchev–Trinajstić information content (AvgIpc) is 3.26. The molecule has 2 aromatic carbocycles. The lowest BCUT2D eigenvalue weighted by molar-refractivity contribution is -0.160. The molecule has 0 spiro atoms. The Kier molecular flexibility index (Phi) is 8.00. The quantitative estimate of drug-likeness (QED) is 0.259. The van der Waals surface area contributed by atoms with E-state index >= 15 is 0 Å². The van der Waals surface area contributed by atoms with Crippen LogP contribution in [0.1, 0.15) is 49.3 Å². The third-order valence-electron chi connectivity index (χ3n) is 7.60. The summed E-state index contributed by atoms with van der Waals surface area (Å²) in [6, 6.07) is 10.4. The minimum atomic E-state index is -1.18. The van der Waals surface area contributed by atoms with Crippen molar-refractivity contribution in [1.82, 2.24) is 19.4 Å². The van der Waals surface area contributed by atoms with Crippen molar-refractivity contribution >= 4 is 28.5 Å². The van der Waals surface area contributed by atoms with Gasteiger partial charge in [0.15, 0.2) is 11.9 Å². The van der Waals surface area contributed by atoms with Gasteiger partial charge < -0.3 is 28.9 Å². The molecular formula is C33H41N5O4. The largest absolute Gasteiger partial charge is 0.489 e. The van der Waals surface area contributed by atoms with Gasteiger partial charge in [-0.05, 0) is 78.4 Å². The van der Waals surface area contributed by atoms with Crippen molar-refractivity contribution in [2.75, 3.05) is 38.7 Å². The molecule has 0 fully saturated rings. The van der Waals surface area contributed by atoms with Crippen LogP contribution < -0.4 is 9.64 Å². The number of aryl methyl sites for hydroxylation is 2.